The van der Waals surface area contributed by atoms with E-state index in [9.17, 15) is 4.79 Å². The van der Waals surface area contributed by atoms with Crippen LogP contribution < -0.4 is 4.74 Å². The molecule has 4 nitrogen and oxygen atoms in total. The van der Waals surface area contributed by atoms with E-state index in [0.717, 1.165) is 5.75 Å². The number of hydrogen-bond acceptors (Lipinski definition) is 4. The number of likely N-dealkylation sites (N-methyl/N-ethyl adjacent to an activating group) is 1. The highest BCUT2D eigenvalue weighted by atomic mass is 16.5. The Bertz CT molecular complexity index is 375. The maximum atomic E-state index is 12.0. The molecular weight excluding hydrogens is 230 g/mol. The predicted molar refractivity (Wildman–Crippen MR) is 71.1 cm³/mol. The van der Waals surface area contributed by atoms with Gasteiger partial charge in [0, 0.05) is 11.6 Å². The molecule has 1 atom stereocenters. The van der Waals surface area contributed by atoms with Crippen LogP contribution in [-0.4, -0.2) is 48.6 Å². The van der Waals surface area contributed by atoms with Gasteiger partial charge in [0.05, 0.1) is 19.8 Å². The van der Waals surface area contributed by atoms with Gasteiger partial charge in [0.15, 0.2) is 5.78 Å². The molecule has 1 unspecified atom stereocenters. The van der Waals surface area contributed by atoms with Gasteiger partial charge in [-0.15, -0.1) is 0 Å². The molecule has 0 bridgehead atoms. The number of carbonyl (C=O) groups excluding carboxylic acids is 1. The summed E-state index contributed by atoms with van der Waals surface area (Å²) in [5, 5.41) is 9.01. The molecule has 0 spiro atoms. The maximum Gasteiger partial charge on any atom is 0.176 e. The van der Waals surface area contributed by atoms with Gasteiger partial charge < -0.3 is 9.84 Å². The third kappa shape index (κ3) is 4.13. The summed E-state index contributed by atoms with van der Waals surface area (Å²) in [5.74, 6) is 0.812. The van der Waals surface area contributed by atoms with E-state index < -0.39 is 0 Å². The molecular formula is C14H21NO3. The summed E-state index contributed by atoms with van der Waals surface area (Å²) in [7, 11) is 1.83. The van der Waals surface area contributed by atoms with Crippen LogP contribution >= 0.6 is 0 Å². The molecule has 0 heterocycles. The standard InChI is InChI=1S/C14H21NO3/c1-4-18-13-7-5-12(6-8-13)14(17)9-15(3)11(2)10-16/h5-8,11,16H,4,9-10H2,1-3H3. The Morgan fingerprint density at radius 3 is 2.50 bits per heavy atom. The number of aliphatic hydroxyl groups is 1. The minimum atomic E-state index is -0.0170. The summed E-state index contributed by atoms with van der Waals surface area (Å²) in [6, 6.07) is 7.12. The van der Waals surface area contributed by atoms with Crippen molar-refractivity contribution >= 4 is 5.78 Å². The van der Waals surface area contributed by atoms with Crippen LogP contribution in [-0.2, 0) is 0 Å². The number of Topliss-reactive ketones (excluding diaryl/α,β-unsaturated/α-hetero) is 1. The van der Waals surface area contributed by atoms with Gasteiger partial charge >= 0.3 is 0 Å². The van der Waals surface area contributed by atoms with Crippen molar-refractivity contribution in [3.8, 4) is 5.75 Å². The van der Waals surface area contributed by atoms with Crippen LogP contribution in [0.5, 0.6) is 5.75 Å². The second-order valence-corrected chi connectivity index (χ2v) is 4.33. The predicted octanol–water partition coefficient (Wildman–Crippen LogP) is 1.58. The van der Waals surface area contributed by atoms with Crippen LogP contribution in [0.2, 0.25) is 0 Å². The van der Waals surface area contributed by atoms with Gasteiger partial charge in [0.25, 0.3) is 0 Å². The number of nitrogens with zero attached hydrogens (tertiary/aromatic N) is 1. The van der Waals surface area contributed by atoms with E-state index in [-0.39, 0.29) is 18.4 Å². The zero-order valence-corrected chi connectivity index (χ0v) is 11.2. The van der Waals surface area contributed by atoms with Crippen molar-refractivity contribution in [2.75, 3.05) is 26.8 Å². The molecule has 0 aromatic heterocycles. The molecule has 0 saturated carbocycles. The van der Waals surface area contributed by atoms with Crippen LogP contribution in [0.1, 0.15) is 24.2 Å². The SMILES string of the molecule is CCOc1ccc(C(=O)CN(C)C(C)CO)cc1. The molecule has 0 aliphatic heterocycles. The fraction of sp³-hybridized carbons (Fsp3) is 0.500. The molecule has 1 aromatic carbocycles. The van der Waals surface area contributed by atoms with Crippen molar-refractivity contribution in [1.82, 2.24) is 4.90 Å². The van der Waals surface area contributed by atoms with Gasteiger partial charge in [-0.2, -0.15) is 0 Å². The first-order valence-electron chi connectivity index (χ1n) is 6.15. The van der Waals surface area contributed by atoms with E-state index in [4.69, 9.17) is 9.84 Å². The third-order valence-corrected chi connectivity index (χ3v) is 2.90. The molecule has 0 fully saturated rings. The Kier molecular flexibility index (Phi) is 5.82. The quantitative estimate of drug-likeness (QED) is 0.748. The summed E-state index contributed by atoms with van der Waals surface area (Å²) in [4.78, 5) is 13.8. The molecule has 1 aromatic rings. The summed E-state index contributed by atoms with van der Waals surface area (Å²) < 4.78 is 5.32. The molecule has 0 aliphatic carbocycles. The van der Waals surface area contributed by atoms with Crippen LogP contribution in [0.4, 0.5) is 0 Å². The van der Waals surface area contributed by atoms with Crippen molar-refractivity contribution in [3.05, 3.63) is 29.8 Å². The van der Waals surface area contributed by atoms with Gasteiger partial charge in [-0.05, 0) is 45.2 Å². The van der Waals surface area contributed by atoms with Crippen molar-refractivity contribution < 1.29 is 14.6 Å². The Balaban J connectivity index is 2.61. The van der Waals surface area contributed by atoms with Gasteiger partial charge in [-0.1, -0.05) is 0 Å². The highest BCUT2D eigenvalue weighted by molar-refractivity contribution is 5.97. The lowest BCUT2D eigenvalue weighted by Gasteiger charge is -2.21. The van der Waals surface area contributed by atoms with Crippen molar-refractivity contribution in [1.29, 1.82) is 0 Å². The summed E-state index contributed by atoms with van der Waals surface area (Å²) in [5.41, 5.74) is 0.662. The fourth-order valence-corrected chi connectivity index (χ4v) is 1.52. The first-order chi connectivity index (χ1) is 8.58. The molecule has 0 saturated heterocycles. The molecule has 0 amide bonds. The van der Waals surface area contributed by atoms with Crippen molar-refractivity contribution in [3.63, 3.8) is 0 Å². The van der Waals surface area contributed by atoms with Crippen LogP contribution in [0.15, 0.2) is 24.3 Å². The van der Waals surface area contributed by atoms with E-state index in [0.29, 0.717) is 18.7 Å². The second-order valence-electron chi connectivity index (χ2n) is 4.33. The molecule has 100 valence electrons. The molecule has 1 rings (SSSR count). The normalized spacial score (nSPS) is 12.5. The Hall–Kier alpha value is -1.39. The largest absolute Gasteiger partial charge is 0.494 e. The molecule has 18 heavy (non-hydrogen) atoms. The molecule has 1 N–H and O–H groups in total. The van der Waals surface area contributed by atoms with E-state index in [1.54, 1.807) is 24.3 Å². The summed E-state index contributed by atoms with van der Waals surface area (Å²) in [6.07, 6.45) is 0. The minimum absolute atomic E-state index is 0.0170. The number of benzene rings is 1. The van der Waals surface area contributed by atoms with E-state index in [2.05, 4.69) is 0 Å². The minimum Gasteiger partial charge on any atom is -0.494 e. The summed E-state index contributed by atoms with van der Waals surface area (Å²) >= 11 is 0. The average Bonchev–Trinajstić information content (AvgIpc) is 2.38. The fourth-order valence-electron chi connectivity index (χ4n) is 1.52. The smallest absolute Gasteiger partial charge is 0.176 e. The average molecular weight is 251 g/mol. The number of carbonyl (C=O) groups is 1. The van der Waals surface area contributed by atoms with Crippen LogP contribution in [0, 0.1) is 0 Å². The van der Waals surface area contributed by atoms with E-state index >= 15 is 0 Å². The van der Waals surface area contributed by atoms with Gasteiger partial charge in [0.1, 0.15) is 5.75 Å². The number of ether oxygens (including phenoxy) is 1. The lowest BCUT2D eigenvalue weighted by Crippen LogP contribution is -2.36. The molecule has 4 heteroatoms. The van der Waals surface area contributed by atoms with Crippen molar-refractivity contribution in [2.24, 2.45) is 0 Å². The first kappa shape index (κ1) is 14.7. The Labute approximate surface area is 108 Å². The lowest BCUT2D eigenvalue weighted by molar-refractivity contribution is 0.0890. The monoisotopic (exact) mass is 251 g/mol. The first-order valence-corrected chi connectivity index (χ1v) is 6.15. The topological polar surface area (TPSA) is 49.8 Å². The molecule has 0 aliphatic rings. The zero-order valence-electron chi connectivity index (χ0n) is 11.2. The zero-order chi connectivity index (χ0) is 13.5. The highest BCUT2D eigenvalue weighted by Gasteiger charge is 2.13. The van der Waals surface area contributed by atoms with Crippen LogP contribution in [0.25, 0.3) is 0 Å². The Morgan fingerprint density at radius 2 is 2.00 bits per heavy atom. The van der Waals surface area contributed by atoms with Gasteiger partial charge in [-0.3, -0.25) is 9.69 Å². The van der Waals surface area contributed by atoms with Gasteiger partial charge in [-0.25, -0.2) is 0 Å². The maximum absolute atomic E-state index is 12.0. The second kappa shape index (κ2) is 7.13. The molecule has 0 radical (unpaired) electrons. The number of rotatable bonds is 7. The lowest BCUT2D eigenvalue weighted by atomic mass is 10.1. The number of aliphatic hydroxyl groups excluding tert-OH is 1. The highest BCUT2D eigenvalue weighted by Crippen LogP contribution is 2.13. The van der Waals surface area contributed by atoms with E-state index in [1.165, 1.54) is 0 Å². The summed E-state index contributed by atoms with van der Waals surface area (Å²) in [6.45, 7) is 4.77. The van der Waals surface area contributed by atoms with E-state index in [1.807, 2.05) is 25.8 Å². The number of ketones is 1. The Morgan fingerprint density at radius 1 is 1.39 bits per heavy atom. The van der Waals surface area contributed by atoms with Gasteiger partial charge in [0.2, 0.25) is 0 Å². The number of hydrogen-bond donors (Lipinski definition) is 1. The third-order valence-electron chi connectivity index (χ3n) is 2.90. The van der Waals surface area contributed by atoms with Crippen molar-refractivity contribution in [2.45, 2.75) is 19.9 Å². The van der Waals surface area contributed by atoms with Crippen LogP contribution in [0.3, 0.4) is 0 Å².